The molecule has 2 heterocycles. The van der Waals surface area contributed by atoms with Gasteiger partial charge in [-0.1, -0.05) is 60.7 Å². The molecule has 0 bridgehead atoms. The SMILES string of the molecule is c1ccc2c(c1)ccc1oc(-c3cccc4c3sc3ccccc34)cc12. The minimum Gasteiger partial charge on any atom is -0.456 e. The van der Waals surface area contributed by atoms with Crippen molar-refractivity contribution in [3.63, 3.8) is 0 Å². The van der Waals surface area contributed by atoms with Gasteiger partial charge in [0.15, 0.2) is 0 Å². The van der Waals surface area contributed by atoms with E-state index in [2.05, 4.69) is 84.9 Å². The molecule has 0 aliphatic carbocycles. The average Bonchev–Trinajstić information content (AvgIpc) is 3.29. The Bertz CT molecular complexity index is 1430. The first-order chi connectivity index (χ1) is 12.9. The fraction of sp³-hybridized carbons (Fsp3) is 0. The van der Waals surface area contributed by atoms with Gasteiger partial charge in [-0.3, -0.25) is 0 Å². The Labute approximate surface area is 154 Å². The van der Waals surface area contributed by atoms with Crippen LogP contribution in [0.3, 0.4) is 0 Å². The highest BCUT2D eigenvalue weighted by atomic mass is 32.1. The van der Waals surface area contributed by atoms with Gasteiger partial charge >= 0.3 is 0 Å². The zero-order valence-electron chi connectivity index (χ0n) is 13.9. The van der Waals surface area contributed by atoms with Crippen LogP contribution in [-0.4, -0.2) is 0 Å². The van der Waals surface area contributed by atoms with Gasteiger partial charge < -0.3 is 4.42 Å². The lowest BCUT2D eigenvalue weighted by atomic mass is 10.0. The topological polar surface area (TPSA) is 13.1 Å². The molecular weight excluding hydrogens is 336 g/mol. The van der Waals surface area contributed by atoms with Crippen molar-refractivity contribution in [1.29, 1.82) is 0 Å². The third-order valence-corrected chi connectivity index (χ3v) is 6.32. The summed E-state index contributed by atoms with van der Waals surface area (Å²) in [6.07, 6.45) is 0. The van der Waals surface area contributed by atoms with Crippen LogP contribution in [0.25, 0.3) is 53.2 Å². The maximum atomic E-state index is 6.27. The smallest absolute Gasteiger partial charge is 0.136 e. The molecule has 0 saturated heterocycles. The van der Waals surface area contributed by atoms with Crippen LogP contribution in [0.4, 0.5) is 0 Å². The van der Waals surface area contributed by atoms with Crippen LogP contribution < -0.4 is 0 Å². The summed E-state index contributed by atoms with van der Waals surface area (Å²) in [7, 11) is 0. The molecule has 6 aromatic rings. The minimum absolute atomic E-state index is 0.938. The van der Waals surface area contributed by atoms with Gasteiger partial charge in [-0.2, -0.15) is 0 Å². The molecule has 0 unspecified atom stereocenters. The van der Waals surface area contributed by atoms with Gasteiger partial charge in [0.05, 0.1) is 0 Å². The molecule has 0 saturated carbocycles. The van der Waals surface area contributed by atoms with Gasteiger partial charge in [0.25, 0.3) is 0 Å². The van der Waals surface area contributed by atoms with E-state index in [1.54, 1.807) is 0 Å². The molecular formula is C24H14OS. The Balaban J connectivity index is 1.69. The summed E-state index contributed by atoms with van der Waals surface area (Å²) in [5.74, 6) is 0.938. The Hall–Kier alpha value is -3.10. The molecule has 0 amide bonds. The number of rotatable bonds is 1. The fourth-order valence-corrected chi connectivity index (χ4v) is 5.09. The number of furan rings is 1. The van der Waals surface area contributed by atoms with Crippen LogP contribution >= 0.6 is 11.3 Å². The van der Waals surface area contributed by atoms with Crippen LogP contribution in [0.15, 0.2) is 89.3 Å². The molecule has 0 N–H and O–H groups in total. The zero-order valence-corrected chi connectivity index (χ0v) is 14.7. The quantitative estimate of drug-likeness (QED) is 0.297. The standard InChI is InChI=1S/C24H14OS/c1-2-7-16-15(6-1)12-13-21-20(16)14-22(25-21)19-10-5-9-18-17-8-3-4-11-23(17)26-24(18)19/h1-14H. The van der Waals surface area contributed by atoms with Crippen LogP contribution in [-0.2, 0) is 0 Å². The van der Waals surface area contributed by atoms with E-state index in [1.165, 1.54) is 41.9 Å². The molecule has 0 fully saturated rings. The monoisotopic (exact) mass is 350 g/mol. The normalized spacial score (nSPS) is 11.8. The number of hydrogen-bond donors (Lipinski definition) is 0. The third-order valence-electron chi connectivity index (χ3n) is 5.10. The summed E-state index contributed by atoms with van der Waals surface area (Å²) < 4.78 is 8.88. The molecule has 26 heavy (non-hydrogen) atoms. The number of hydrogen-bond acceptors (Lipinski definition) is 2. The zero-order chi connectivity index (χ0) is 17.1. The molecule has 4 aromatic carbocycles. The molecule has 0 atom stereocenters. The maximum Gasteiger partial charge on any atom is 0.136 e. The van der Waals surface area contributed by atoms with Gasteiger partial charge in [0.1, 0.15) is 11.3 Å². The molecule has 2 heteroatoms. The Kier molecular flexibility index (Phi) is 2.82. The number of thiophene rings is 1. The van der Waals surface area contributed by atoms with Crippen molar-refractivity contribution in [3.8, 4) is 11.3 Å². The van der Waals surface area contributed by atoms with Gasteiger partial charge in [-0.05, 0) is 35.0 Å². The Morgan fingerprint density at radius 1 is 0.615 bits per heavy atom. The van der Waals surface area contributed by atoms with Gasteiger partial charge in [-0.25, -0.2) is 0 Å². The van der Waals surface area contributed by atoms with Crippen molar-refractivity contribution in [3.05, 3.63) is 84.9 Å². The summed E-state index contributed by atoms with van der Waals surface area (Å²) >= 11 is 1.84. The second kappa shape index (κ2) is 5.20. The van der Waals surface area contributed by atoms with Crippen molar-refractivity contribution < 1.29 is 4.42 Å². The van der Waals surface area contributed by atoms with Crippen LogP contribution in [0, 0.1) is 0 Å². The number of benzene rings is 4. The predicted octanol–water partition coefficient (Wildman–Crippen LogP) is 7.62. The summed E-state index contributed by atoms with van der Waals surface area (Å²) in [6, 6.07) is 30.0. The molecule has 122 valence electrons. The molecule has 0 radical (unpaired) electrons. The summed E-state index contributed by atoms with van der Waals surface area (Å²) in [5.41, 5.74) is 2.11. The molecule has 0 aliphatic rings. The van der Waals surface area contributed by atoms with Crippen molar-refractivity contribution >= 4 is 53.3 Å². The lowest BCUT2D eigenvalue weighted by Gasteiger charge is -1.98. The Morgan fingerprint density at radius 3 is 2.38 bits per heavy atom. The first-order valence-electron chi connectivity index (χ1n) is 8.70. The van der Waals surface area contributed by atoms with Crippen LogP contribution in [0.2, 0.25) is 0 Å². The first-order valence-corrected chi connectivity index (χ1v) is 9.52. The summed E-state index contributed by atoms with van der Waals surface area (Å²) in [4.78, 5) is 0. The molecule has 0 aliphatic heterocycles. The second-order valence-electron chi connectivity index (χ2n) is 6.59. The van der Waals surface area contributed by atoms with E-state index in [0.717, 1.165) is 11.3 Å². The van der Waals surface area contributed by atoms with Crippen molar-refractivity contribution in [2.45, 2.75) is 0 Å². The molecule has 1 nitrogen and oxygen atoms in total. The first kappa shape index (κ1) is 14.1. The Morgan fingerprint density at radius 2 is 1.42 bits per heavy atom. The van der Waals surface area contributed by atoms with Crippen LogP contribution in [0.5, 0.6) is 0 Å². The maximum absolute atomic E-state index is 6.27. The van der Waals surface area contributed by atoms with E-state index < -0.39 is 0 Å². The third kappa shape index (κ3) is 1.91. The van der Waals surface area contributed by atoms with E-state index in [-0.39, 0.29) is 0 Å². The highest BCUT2D eigenvalue weighted by molar-refractivity contribution is 7.26. The number of fused-ring (bicyclic) bond motifs is 6. The average molecular weight is 350 g/mol. The van der Waals surface area contributed by atoms with Crippen molar-refractivity contribution in [2.24, 2.45) is 0 Å². The molecule has 6 rings (SSSR count). The second-order valence-corrected chi connectivity index (χ2v) is 7.64. The predicted molar refractivity (Wildman–Crippen MR) is 112 cm³/mol. The molecule has 0 spiro atoms. The minimum atomic E-state index is 0.938. The van der Waals surface area contributed by atoms with Crippen molar-refractivity contribution in [1.82, 2.24) is 0 Å². The van der Waals surface area contributed by atoms with Crippen molar-refractivity contribution in [2.75, 3.05) is 0 Å². The largest absolute Gasteiger partial charge is 0.456 e. The van der Waals surface area contributed by atoms with Gasteiger partial charge in [0, 0.05) is 31.1 Å². The highest BCUT2D eigenvalue weighted by Crippen LogP contribution is 2.41. The summed E-state index contributed by atoms with van der Waals surface area (Å²) in [5, 5.41) is 6.27. The van der Waals surface area contributed by atoms with E-state index in [4.69, 9.17) is 4.42 Å². The van der Waals surface area contributed by atoms with E-state index in [1.807, 2.05) is 11.3 Å². The van der Waals surface area contributed by atoms with Gasteiger partial charge in [0.2, 0.25) is 0 Å². The molecule has 2 aromatic heterocycles. The lowest BCUT2D eigenvalue weighted by molar-refractivity contribution is 0.632. The van der Waals surface area contributed by atoms with E-state index in [0.29, 0.717) is 0 Å². The van der Waals surface area contributed by atoms with Crippen LogP contribution in [0.1, 0.15) is 0 Å². The lowest BCUT2D eigenvalue weighted by Crippen LogP contribution is -1.73. The van der Waals surface area contributed by atoms with Gasteiger partial charge in [-0.15, -0.1) is 11.3 Å². The summed E-state index contributed by atoms with van der Waals surface area (Å²) in [6.45, 7) is 0. The highest BCUT2D eigenvalue weighted by Gasteiger charge is 2.14. The van der Waals surface area contributed by atoms with E-state index >= 15 is 0 Å². The van der Waals surface area contributed by atoms with E-state index in [9.17, 15) is 0 Å². The fourth-order valence-electron chi connectivity index (χ4n) is 3.87.